The molecule has 0 aliphatic heterocycles. The van der Waals surface area contributed by atoms with Crippen LogP contribution in [0.4, 0.5) is 0 Å². The molecule has 0 heterocycles. The van der Waals surface area contributed by atoms with Crippen LogP contribution in [0.3, 0.4) is 0 Å². The SMILES string of the molecule is CC(C)CC(=O)NCC1CCCCC1CBr. The lowest BCUT2D eigenvalue weighted by atomic mass is 9.80. The van der Waals surface area contributed by atoms with Gasteiger partial charge in [-0.15, -0.1) is 0 Å². The number of carbonyl (C=O) groups excluding carboxylic acids is 1. The summed E-state index contributed by atoms with van der Waals surface area (Å²) in [5.74, 6) is 2.12. The van der Waals surface area contributed by atoms with E-state index in [1.807, 2.05) is 0 Å². The second kappa shape index (κ2) is 7.31. The molecular weight excluding hydrogens is 266 g/mol. The summed E-state index contributed by atoms with van der Waals surface area (Å²) in [5, 5.41) is 4.17. The fourth-order valence-corrected chi connectivity index (χ4v) is 3.30. The van der Waals surface area contributed by atoms with Crippen molar-refractivity contribution < 1.29 is 4.79 Å². The summed E-state index contributed by atoms with van der Waals surface area (Å²) in [6.07, 6.45) is 5.93. The normalized spacial score (nSPS) is 25.8. The molecule has 16 heavy (non-hydrogen) atoms. The van der Waals surface area contributed by atoms with Gasteiger partial charge in [0.2, 0.25) is 5.91 Å². The Morgan fingerprint density at radius 3 is 2.50 bits per heavy atom. The van der Waals surface area contributed by atoms with Gasteiger partial charge in [0.05, 0.1) is 0 Å². The third kappa shape index (κ3) is 4.86. The minimum Gasteiger partial charge on any atom is -0.356 e. The van der Waals surface area contributed by atoms with Crippen LogP contribution in [0.15, 0.2) is 0 Å². The zero-order chi connectivity index (χ0) is 12.0. The number of hydrogen-bond acceptors (Lipinski definition) is 1. The topological polar surface area (TPSA) is 29.1 Å². The molecule has 1 saturated carbocycles. The van der Waals surface area contributed by atoms with E-state index in [-0.39, 0.29) is 5.91 Å². The first-order valence-electron chi connectivity index (χ1n) is 6.46. The Labute approximate surface area is 108 Å². The maximum absolute atomic E-state index is 11.6. The van der Waals surface area contributed by atoms with Gasteiger partial charge >= 0.3 is 0 Å². The summed E-state index contributed by atoms with van der Waals surface area (Å²) in [6.45, 7) is 5.05. The molecule has 2 nitrogen and oxygen atoms in total. The Kier molecular flexibility index (Phi) is 6.40. The molecule has 1 aliphatic rings. The Morgan fingerprint density at radius 1 is 1.31 bits per heavy atom. The fourth-order valence-electron chi connectivity index (χ4n) is 2.44. The number of amides is 1. The molecule has 1 N–H and O–H groups in total. The van der Waals surface area contributed by atoms with E-state index in [0.717, 1.165) is 17.8 Å². The molecular formula is C13H24BrNO. The number of nitrogens with one attached hydrogen (secondary N) is 1. The standard InChI is InChI=1S/C13H24BrNO/c1-10(2)7-13(16)15-9-12-6-4-3-5-11(12)8-14/h10-12H,3-9H2,1-2H3,(H,15,16). The summed E-state index contributed by atoms with van der Waals surface area (Å²) in [7, 11) is 0. The highest BCUT2D eigenvalue weighted by atomic mass is 79.9. The van der Waals surface area contributed by atoms with Gasteiger partial charge in [0.1, 0.15) is 0 Å². The van der Waals surface area contributed by atoms with Gasteiger partial charge in [-0.05, 0) is 30.6 Å². The van der Waals surface area contributed by atoms with Crippen molar-refractivity contribution in [1.29, 1.82) is 0 Å². The van der Waals surface area contributed by atoms with Gasteiger partial charge in [-0.1, -0.05) is 42.6 Å². The molecule has 0 spiro atoms. The number of rotatable bonds is 5. The van der Waals surface area contributed by atoms with Crippen LogP contribution in [0.2, 0.25) is 0 Å². The molecule has 1 rings (SSSR count). The van der Waals surface area contributed by atoms with Crippen LogP contribution in [-0.4, -0.2) is 17.8 Å². The smallest absolute Gasteiger partial charge is 0.220 e. The quantitative estimate of drug-likeness (QED) is 0.773. The average Bonchev–Trinajstić information content (AvgIpc) is 2.26. The fraction of sp³-hybridized carbons (Fsp3) is 0.923. The predicted molar refractivity (Wildman–Crippen MR) is 71.7 cm³/mol. The van der Waals surface area contributed by atoms with Gasteiger partial charge in [-0.2, -0.15) is 0 Å². The van der Waals surface area contributed by atoms with Crippen molar-refractivity contribution in [3.8, 4) is 0 Å². The first-order valence-corrected chi connectivity index (χ1v) is 7.58. The first kappa shape index (κ1) is 14.0. The van der Waals surface area contributed by atoms with E-state index in [4.69, 9.17) is 0 Å². The summed E-state index contributed by atoms with van der Waals surface area (Å²) in [5.41, 5.74) is 0. The minimum atomic E-state index is 0.217. The molecule has 0 aromatic carbocycles. The molecule has 2 unspecified atom stereocenters. The maximum atomic E-state index is 11.6. The molecule has 2 atom stereocenters. The number of alkyl halides is 1. The summed E-state index contributed by atoms with van der Waals surface area (Å²) >= 11 is 3.59. The van der Waals surface area contributed by atoms with E-state index in [1.54, 1.807) is 0 Å². The zero-order valence-corrected chi connectivity index (χ0v) is 12.1. The van der Waals surface area contributed by atoms with Gasteiger partial charge < -0.3 is 5.32 Å². The monoisotopic (exact) mass is 289 g/mol. The van der Waals surface area contributed by atoms with E-state index in [1.165, 1.54) is 25.7 Å². The van der Waals surface area contributed by atoms with Crippen molar-refractivity contribution in [2.75, 3.05) is 11.9 Å². The highest BCUT2D eigenvalue weighted by Gasteiger charge is 2.24. The van der Waals surface area contributed by atoms with Crippen LogP contribution >= 0.6 is 15.9 Å². The van der Waals surface area contributed by atoms with E-state index >= 15 is 0 Å². The van der Waals surface area contributed by atoms with Crippen molar-refractivity contribution in [3.05, 3.63) is 0 Å². The van der Waals surface area contributed by atoms with Crippen molar-refractivity contribution in [3.63, 3.8) is 0 Å². The highest BCUT2D eigenvalue weighted by molar-refractivity contribution is 9.09. The summed E-state index contributed by atoms with van der Waals surface area (Å²) < 4.78 is 0. The highest BCUT2D eigenvalue weighted by Crippen LogP contribution is 2.30. The number of halogens is 1. The van der Waals surface area contributed by atoms with Gasteiger partial charge in [0.15, 0.2) is 0 Å². The van der Waals surface area contributed by atoms with Gasteiger partial charge in [-0.25, -0.2) is 0 Å². The van der Waals surface area contributed by atoms with Crippen molar-refractivity contribution in [2.45, 2.75) is 46.0 Å². The third-order valence-electron chi connectivity index (χ3n) is 3.42. The van der Waals surface area contributed by atoms with Gasteiger partial charge in [-0.3, -0.25) is 4.79 Å². The molecule has 0 saturated heterocycles. The lowest BCUT2D eigenvalue weighted by molar-refractivity contribution is -0.122. The average molecular weight is 290 g/mol. The number of carbonyl (C=O) groups is 1. The largest absolute Gasteiger partial charge is 0.356 e. The minimum absolute atomic E-state index is 0.217. The van der Waals surface area contributed by atoms with Gasteiger partial charge in [0, 0.05) is 18.3 Å². The van der Waals surface area contributed by atoms with Crippen LogP contribution in [0, 0.1) is 17.8 Å². The molecule has 1 amide bonds. The van der Waals surface area contributed by atoms with Crippen molar-refractivity contribution in [1.82, 2.24) is 5.32 Å². The van der Waals surface area contributed by atoms with E-state index in [9.17, 15) is 4.79 Å². The molecule has 0 bridgehead atoms. The van der Waals surface area contributed by atoms with Crippen LogP contribution in [0.5, 0.6) is 0 Å². The molecule has 1 fully saturated rings. The number of hydrogen-bond donors (Lipinski definition) is 1. The molecule has 0 aromatic rings. The van der Waals surface area contributed by atoms with Crippen LogP contribution < -0.4 is 5.32 Å². The van der Waals surface area contributed by atoms with Gasteiger partial charge in [0.25, 0.3) is 0 Å². The van der Waals surface area contributed by atoms with E-state index in [2.05, 4.69) is 35.1 Å². The molecule has 94 valence electrons. The van der Waals surface area contributed by atoms with Crippen LogP contribution in [0.1, 0.15) is 46.0 Å². The van der Waals surface area contributed by atoms with E-state index in [0.29, 0.717) is 18.3 Å². The Balaban J connectivity index is 2.27. The second-order valence-electron chi connectivity index (χ2n) is 5.36. The second-order valence-corrected chi connectivity index (χ2v) is 6.01. The molecule has 1 aliphatic carbocycles. The van der Waals surface area contributed by atoms with E-state index < -0.39 is 0 Å². The zero-order valence-electron chi connectivity index (χ0n) is 10.5. The van der Waals surface area contributed by atoms with Crippen LogP contribution in [-0.2, 0) is 4.79 Å². The Bertz CT molecular complexity index is 218. The molecule has 0 aromatic heterocycles. The summed E-state index contributed by atoms with van der Waals surface area (Å²) in [4.78, 5) is 11.6. The lowest BCUT2D eigenvalue weighted by Crippen LogP contribution is -2.35. The summed E-state index contributed by atoms with van der Waals surface area (Å²) in [6, 6.07) is 0. The van der Waals surface area contributed by atoms with Crippen molar-refractivity contribution >= 4 is 21.8 Å². The molecule has 0 radical (unpaired) electrons. The Hall–Kier alpha value is -0.0500. The maximum Gasteiger partial charge on any atom is 0.220 e. The first-order chi connectivity index (χ1) is 7.63. The van der Waals surface area contributed by atoms with Crippen LogP contribution in [0.25, 0.3) is 0 Å². The third-order valence-corrected chi connectivity index (χ3v) is 4.25. The van der Waals surface area contributed by atoms with Crippen molar-refractivity contribution in [2.24, 2.45) is 17.8 Å². The molecule has 3 heteroatoms. The lowest BCUT2D eigenvalue weighted by Gasteiger charge is -2.30. The predicted octanol–water partition coefficient (Wildman–Crippen LogP) is 3.35. The Morgan fingerprint density at radius 2 is 1.94 bits per heavy atom.